The molecular weight excluding hydrogens is 888 g/mol. The molecule has 0 aromatic rings. The molecule has 0 aromatic heterocycles. The number of nitrogens with zero attached hydrogens (tertiary/aromatic N) is 1. The van der Waals surface area contributed by atoms with Crippen LogP contribution in [0, 0.1) is 0 Å². The predicted octanol–water partition coefficient (Wildman–Crippen LogP) is 18.6. The number of rotatable bonds is 59. The standard InChI is InChI=1S/C61H125N2O6P/c1-6-8-10-12-14-16-18-20-22-23-24-25-26-27-28-29-30-31-32-33-34-35-36-37-38-39-41-43-45-47-49-51-53-55-61(65)62-59(58-69-70(66,67)68-57-56-63(3,4)5)60(64)54-52-50-48-46-44-42-40-21-19-17-15-13-11-9-7-2/h59-60,64H,6-58H2,1-5H3,(H-,62,65,66,67)/t59-,60+/m0/s1. The van der Waals surface area contributed by atoms with E-state index in [1.165, 1.54) is 270 Å². The molecule has 1 amide bonds. The Bertz CT molecular complexity index is 1100. The third-order valence-corrected chi connectivity index (χ3v) is 15.8. The van der Waals surface area contributed by atoms with Crippen molar-refractivity contribution in [1.82, 2.24) is 5.32 Å². The van der Waals surface area contributed by atoms with Crippen LogP contribution in [0.4, 0.5) is 0 Å². The highest BCUT2D eigenvalue weighted by molar-refractivity contribution is 7.45. The van der Waals surface area contributed by atoms with Crippen molar-refractivity contribution in [3.05, 3.63) is 0 Å². The van der Waals surface area contributed by atoms with E-state index in [1.54, 1.807) is 0 Å². The van der Waals surface area contributed by atoms with E-state index >= 15 is 0 Å². The topological polar surface area (TPSA) is 108 Å². The molecule has 9 heteroatoms. The van der Waals surface area contributed by atoms with Crippen molar-refractivity contribution >= 4 is 13.7 Å². The Balaban J connectivity index is 3.92. The number of hydrogen-bond donors (Lipinski definition) is 2. The number of aliphatic hydroxyl groups is 1. The molecule has 0 aliphatic heterocycles. The van der Waals surface area contributed by atoms with Crippen LogP contribution in [0.15, 0.2) is 0 Å². The van der Waals surface area contributed by atoms with Crippen LogP contribution in [0.1, 0.15) is 335 Å². The van der Waals surface area contributed by atoms with Gasteiger partial charge >= 0.3 is 0 Å². The fourth-order valence-electron chi connectivity index (χ4n) is 9.93. The van der Waals surface area contributed by atoms with Gasteiger partial charge in [-0.05, 0) is 12.8 Å². The summed E-state index contributed by atoms with van der Waals surface area (Å²) in [7, 11) is 1.33. The van der Waals surface area contributed by atoms with Gasteiger partial charge in [0.1, 0.15) is 13.2 Å². The number of phosphoric ester groups is 1. The highest BCUT2D eigenvalue weighted by Crippen LogP contribution is 2.38. The molecule has 0 heterocycles. The smallest absolute Gasteiger partial charge is 0.268 e. The van der Waals surface area contributed by atoms with Gasteiger partial charge in [-0.15, -0.1) is 0 Å². The van der Waals surface area contributed by atoms with Crippen molar-refractivity contribution in [1.29, 1.82) is 0 Å². The Hall–Kier alpha value is -0.500. The van der Waals surface area contributed by atoms with Gasteiger partial charge in [-0.2, -0.15) is 0 Å². The molecule has 0 saturated heterocycles. The molecule has 8 nitrogen and oxygen atoms in total. The van der Waals surface area contributed by atoms with Crippen molar-refractivity contribution in [3.8, 4) is 0 Å². The SMILES string of the molecule is CCCCCCCCCCCCCCCCCCCCCCCCCCCCCCCCCCCC(=O)N[C@@H](COP(=O)([O-])OCC[N+](C)(C)C)[C@H](O)CCCCCCCCCCCCCCCCC. The zero-order valence-corrected chi connectivity index (χ0v) is 48.9. The number of carbonyl (C=O) groups excluding carboxylic acids is 1. The average Bonchev–Trinajstić information content (AvgIpc) is 3.32. The molecule has 1 unspecified atom stereocenters. The molecule has 0 aliphatic rings. The second kappa shape index (κ2) is 53.3. The first-order valence-electron chi connectivity index (χ1n) is 31.4. The van der Waals surface area contributed by atoms with Gasteiger partial charge in [-0.1, -0.05) is 316 Å². The number of aliphatic hydroxyl groups excluding tert-OH is 1. The lowest BCUT2D eigenvalue weighted by molar-refractivity contribution is -0.870. The molecule has 0 aliphatic carbocycles. The van der Waals surface area contributed by atoms with Crippen LogP contribution in [0.5, 0.6) is 0 Å². The van der Waals surface area contributed by atoms with Crippen LogP contribution in [0.2, 0.25) is 0 Å². The van der Waals surface area contributed by atoms with E-state index in [9.17, 15) is 19.4 Å². The van der Waals surface area contributed by atoms with Crippen LogP contribution in [0.3, 0.4) is 0 Å². The summed E-state index contributed by atoms with van der Waals surface area (Å²) in [5.41, 5.74) is 0. The Morgan fingerprint density at radius 1 is 0.443 bits per heavy atom. The first-order valence-corrected chi connectivity index (χ1v) is 32.8. The zero-order chi connectivity index (χ0) is 51.3. The Morgan fingerprint density at radius 3 is 0.971 bits per heavy atom. The monoisotopic (exact) mass is 1010 g/mol. The van der Waals surface area contributed by atoms with Crippen molar-refractivity contribution < 1.29 is 32.9 Å². The Morgan fingerprint density at radius 2 is 0.700 bits per heavy atom. The fraction of sp³-hybridized carbons (Fsp3) is 0.984. The van der Waals surface area contributed by atoms with Crippen molar-refractivity contribution in [2.45, 2.75) is 347 Å². The highest BCUT2D eigenvalue weighted by atomic mass is 31.2. The number of amides is 1. The minimum absolute atomic E-state index is 0.0166. The minimum Gasteiger partial charge on any atom is -0.756 e. The lowest BCUT2D eigenvalue weighted by Crippen LogP contribution is -2.46. The largest absolute Gasteiger partial charge is 0.756 e. The first kappa shape index (κ1) is 69.5. The molecule has 420 valence electrons. The van der Waals surface area contributed by atoms with Gasteiger partial charge in [-0.3, -0.25) is 9.36 Å². The van der Waals surface area contributed by atoms with E-state index in [4.69, 9.17) is 9.05 Å². The molecule has 0 bridgehead atoms. The van der Waals surface area contributed by atoms with E-state index in [1.807, 2.05) is 21.1 Å². The quantitative estimate of drug-likeness (QED) is 0.0357. The molecule has 0 saturated carbocycles. The van der Waals surface area contributed by atoms with E-state index < -0.39 is 20.0 Å². The third-order valence-electron chi connectivity index (χ3n) is 14.8. The summed E-state index contributed by atoms with van der Waals surface area (Å²) in [6.07, 6.45) is 64.5. The van der Waals surface area contributed by atoms with Crippen molar-refractivity contribution in [2.75, 3.05) is 40.9 Å². The van der Waals surface area contributed by atoms with Crippen molar-refractivity contribution in [3.63, 3.8) is 0 Å². The number of nitrogens with one attached hydrogen (secondary N) is 1. The average molecular weight is 1010 g/mol. The highest BCUT2D eigenvalue weighted by Gasteiger charge is 2.24. The second-order valence-corrected chi connectivity index (χ2v) is 24.5. The molecule has 0 fully saturated rings. The van der Waals surface area contributed by atoms with Gasteiger partial charge in [-0.25, -0.2) is 0 Å². The van der Waals surface area contributed by atoms with E-state index in [0.717, 1.165) is 38.5 Å². The summed E-state index contributed by atoms with van der Waals surface area (Å²) in [4.78, 5) is 25.5. The zero-order valence-electron chi connectivity index (χ0n) is 48.0. The molecule has 0 rings (SSSR count). The molecule has 70 heavy (non-hydrogen) atoms. The van der Waals surface area contributed by atoms with Crippen LogP contribution in [-0.2, 0) is 18.4 Å². The van der Waals surface area contributed by atoms with E-state index in [-0.39, 0.29) is 19.1 Å². The van der Waals surface area contributed by atoms with Gasteiger partial charge in [0.25, 0.3) is 7.82 Å². The summed E-state index contributed by atoms with van der Waals surface area (Å²) in [6, 6.07) is -0.795. The Kier molecular flexibility index (Phi) is 52.9. The lowest BCUT2D eigenvalue weighted by atomic mass is 10.0. The van der Waals surface area contributed by atoms with Crippen LogP contribution >= 0.6 is 7.82 Å². The minimum atomic E-state index is -4.57. The predicted molar refractivity (Wildman–Crippen MR) is 303 cm³/mol. The maximum absolute atomic E-state index is 13.0. The lowest BCUT2D eigenvalue weighted by Gasteiger charge is -2.30. The summed E-state index contributed by atoms with van der Waals surface area (Å²) in [5, 5.41) is 14.0. The number of hydrogen-bond acceptors (Lipinski definition) is 6. The summed E-state index contributed by atoms with van der Waals surface area (Å²) in [6.45, 7) is 4.78. The number of quaternary nitrogens is 1. The Labute approximate surface area is 438 Å². The third kappa shape index (κ3) is 55.3. The first-order chi connectivity index (χ1) is 34.0. The summed E-state index contributed by atoms with van der Waals surface area (Å²) < 4.78 is 23.4. The number of unbranched alkanes of at least 4 members (excludes halogenated alkanes) is 46. The maximum Gasteiger partial charge on any atom is 0.268 e. The van der Waals surface area contributed by atoms with Crippen LogP contribution in [-0.4, -0.2) is 68.5 Å². The summed E-state index contributed by atoms with van der Waals surface area (Å²) in [5.74, 6) is -0.156. The van der Waals surface area contributed by atoms with Gasteiger partial charge in [0.2, 0.25) is 5.91 Å². The van der Waals surface area contributed by atoms with Crippen LogP contribution in [0.25, 0.3) is 0 Å². The van der Waals surface area contributed by atoms with Gasteiger partial charge in [0.15, 0.2) is 0 Å². The molecule has 0 radical (unpaired) electrons. The van der Waals surface area contributed by atoms with Crippen molar-refractivity contribution in [2.24, 2.45) is 0 Å². The number of carbonyl (C=O) groups is 1. The summed E-state index contributed by atoms with van der Waals surface area (Å²) >= 11 is 0. The van der Waals surface area contributed by atoms with Gasteiger partial charge in [0, 0.05) is 6.42 Å². The van der Waals surface area contributed by atoms with Gasteiger partial charge in [0.05, 0.1) is 39.9 Å². The molecule has 0 spiro atoms. The molecular formula is C61H125N2O6P. The van der Waals surface area contributed by atoms with Crippen LogP contribution < -0.4 is 10.2 Å². The fourth-order valence-corrected chi connectivity index (χ4v) is 10.7. The van der Waals surface area contributed by atoms with Gasteiger partial charge < -0.3 is 28.8 Å². The second-order valence-electron chi connectivity index (χ2n) is 23.1. The van der Waals surface area contributed by atoms with E-state index in [2.05, 4.69) is 19.2 Å². The number of phosphoric acid groups is 1. The molecule has 0 aromatic carbocycles. The maximum atomic E-state index is 13.0. The van der Waals surface area contributed by atoms with E-state index in [0.29, 0.717) is 23.9 Å². The number of likely N-dealkylation sites (N-methyl/N-ethyl adjacent to an activating group) is 1. The molecule has 3 atom stereocenters. The normalized spacial score (nSPS) is 13.8. The molecule has 2 N–H and O–H groups in total.